The Hall–Kier alpha value is -0.180. The zero-order chi connectivity index (χ0) is 12.9. The first-order valence-corrected chi connectivity index (χ1v) is 6.84. The van der Waals surface area contributed by atoms with Crippen molar-refractivity contribution >= 4 is 40.6 Å². The van der Waals surface area contributed by atoms with Crippen molar-refractivity contribution in [3.05, 3.63) is 22.3 Å². The Labute approximate surface area is 118 Å². The number of rotatable bonds is 6. The van der Waals surface area contributed by atoms with Crippen LogP contribution < -0.4 is 5.32 Å². The fourth-order valence-corrected chi connectivity index (χ4v) is 2.08. The summed E-state index contributed by atoms with van der Waals surface area (Å²) in [6, 6.07) is 1.68. The number of hydrogen-bond donors (Lipinski definition) is 1. The molecule has 96 valence electrons. The van der Waals surface area contributed by atoms with Gasteiger partial charge in [-0.25, -0.2) is 4.98 Å². The molecule has 1 aromatic heterocycles. The number of hydrogen-bond acceptors (Lipinski definition) is 2. The van der Waals surface area contributed by atoms with Crippen molar-refractivity contribution in [2.45, 2.75) is 26.7 Å². The van der Waals surface area contributed by atoms with Gasteiger partial charge in [-0.15, -0.1) is 11.6 Å². The Balaban J connectivity index is 2.54. The zero-order valence-corrected chi connectivity index (χ0v) is 12.3. The molecule has 2 nitrogen and oxygen atoms in total. The van der Waals surface area contributed by atoms with Crippen molar-refractivity contribution in [3.8, 4) is 0 Å². The highest BCUT2D eigenvalue weighted by molar-refractivity contribution is 6.35. The van der Waals surface area contributed by atoms with Crippen LogP contribution in [0.25, 0.3) is 0 Å². The lowest BCUT2D eigenvalue weighted by Crippen LogP contribution is -2.23. The van der Waals surface area contributed by atoms with Crippen molar-refractivity contribution in [1.29, 1.82) is 0 Å². The summed E-state index contributed by atoms with van der Waals surface area (Å²) in [5.74, 6) is 1.37. The molecule has 0 fully saturated rings. The highest BCUT2D eigenvalue weighted by Crippen LogP contribution is 2.26. The van der Waals surface area contributed by atoms with Crippen LogP contribution in [0.15, 0.2) is 12.3 Å². The second-order valence-corrected chi connectivity index (χ2v) is 6.02. The van der Waals surface area contributed by atoms with Gasteiger partial charge in [0.15, 0.2) is 0 Å². The molecule has 0 aliphatic carbocycles. The van der Waals surface area contributed by atoms with Crippen LogP contribution in [-0.4, -0.2) is 17.4 Å². The minimum Gasteiger partial charge on any atom is -0.368 e. The zero-order valence-electron chi connectivity index (χ0n) is 10.1. The minimum absolute atomic E-state index is 0.166. The van der Waals surface area contributed by atoms with Crippen molar-refractivity contribution in [1.82, 2.24) is 4.98 Å². The maximum atomic E-state index is 6.03. The van der Waals surface area contributed by atoms with E-state index < -0.39 is 0 Å². The molecule has 0 aliphatic heterocycles. The standard InChI is InChI=1S/C12H17Cl3N2/c1-12(2,4-3-5-13)8-17-11-10(15)6-9(14)7-16-11/h6-7H,3-5,8H2,1-2H3,(H,16,17). The molecule has 1 heterocycles. The molecule has 5 heteroatoms. The van der Waals surface area contributed by atoms with Crippen molar-refractivity contribution < 1.29 is 0 Å². The van der Waals surface area contributed by atoms with E-state index in [9.17, 15) is 0 Å². The van der Waals surface area contributed by atoms with Crippen LogP contribution in [0.1, 0.15) is 26.7 Å². The largest absolute Gasteiger partial charge is 0.368 e. The average molecular weight is 296 g/mol. The van der Waals surface area contributed by atoms with Crippen LogP contribution in [0.2, 0.25) is 10.0 Å². The number of aromatic nitrogens is 1. The lowest BCUT2D eigenvalue weighted by atomic mass is 9.88. The number of anilines is 1. The Morgan fingerprint density at radius 2 is 2.06 bits per heavy atom. The van der Waals surface area contributed by atoms with Gasteiger partial charge >= 0.3 is 0 Å². The molecule has 0 spiro atoms. The summed E-state index contributed by atoms with van der Waals surface area (Å²) in [5, 5.41) is 4.33. The molecule has 17 heavy (non-hydrogen) atoms. The lowest BCUT2D eigenvalue weighted by Gasteiger charge is -2.25. The van der Waals surface area contributed by atoms with E-state index in [0.29, 0.717) is 21.7 Å². The summed E-state index contributed by atoms with van der Waals surface area (Å²) in [7, 11) is 0. The molecule has 1 rings (SSSR count). The predicted molar refractivity (Wildman–Crippen MR) is 76.5 cm³/mol. The lowest BCUT2D eigenvalue weighted by molar-refractivity contribution is 0.355. The van der Waals surface area contributed by atoms with Gasteiger partial charge in [0.1, 0.15) is 5.82 Å². The monoisotopic (exact) mass is 294 g/mol. The fraction of sp³-hybridized carbons (Fsp3) is 0.583. The van der Waals surface area contributed by atoms with Gasteiger partial charge in [0, 0.05) is 18.6 Å². The molecule has 0 saturated heterocycles. The summed E-state index contributed by atoms with van der Waals surface area (Å²) < 4.78 is 0. The highest BCUT2D eigenvalue weighted by Gasteiger charge is 2.17. The van der Waals surface area contributed by atoms with E-state index >= 15 is 0 Å². The molecule has 1 aromatic rings. The molecular formula is C12H17Cl3N2. The normalized spacial score (nSPS) is 11.6. The van der Waals surface area contributed by atoms with E-state index in [1.165, 1.54) is 0 Å². The molecular weight excluding hydrogens is 279 g/mol. The summed E-state index contributed by atoms with van der Waals surface area (Å²) in [6.07, 6.45) is 3.66. The first-order valence-electron chi connectivity index (χ1n) is 5.55. The van der Waals surface area contributed by atoms with Gasteiger partial charge in [-0.2, -0.15) is 0 Å². The van der Waals surface area contributed by atoms with Crippen molar-refractivity contribution in [3.63, 3.8) is 0 Å². The second-order valence-electron chi connectivity index (χ2n) is 4.79. The van der Waals surface area contributed by atoms with Crippen LogP contribution >= 0.6 is 34.8 Å². The number of halogens is 3. The molecule has 1 N–H and O–H groups in total. The Bertz CT molecular complexity index is 367. The maximum absolute atomic E-state index is 6.03. The Morgan fingerprint density at radius 3 is 2.65 bits per heavy atom. The van der Waals surface area contributed by atoms with Gasteiger partial charge in [0.25, 0.3) is 0 Å². The van der Waals surface area contributed by atoms with Gasteiger partial charge in [-0.1, -0.05) is 37.0 Å². The van der Waals surface area contributed by atoms with Gasteiger partial charge in [0.05, 0.1) is 10.0 Å². The summed E-state index contributed by atoms with van der Waals surface area (Å²) in [5.41, 5.74) is 0.166. The van der Waals surface area contributed by atoms with Crippen molar-refractivity contribution in [2.75, 3.05) is 17.7 Å². The number of nitrogens with one attached hydrogen (secondary N) is 1. The topological polar surface area (TPSA) is 24.9 Å². The third-order valence-electron chi connectivity index (χ3n) is 2.53. The van der Waals surface area contributed by atoms with Crippen LogP contribution in [0, 0.1) is 5.41 Å². The summed E-state index contributed by atoms with van der Waals surface area (Å²) in [6.45, 7) is 5.19. The number of alkyl halides is 1. The SMILES string of the molecule is CC(C)(CCCCl)CNc1ncc(Cl)cc1Cl. The molecule has 0 aliphatic rings. The summed E-state index contributed by atoms with van der Waals surface area (Å²) in [4.78, 5) is 4.16. The van der Waals surface area contributed by atoms with Gasteiger partial charge < -0.3 is 5.32 Å². The molecule has 0 radical (unpaired) electrons. The quantitative estimate of drug-likeness (QED) is 0.759. The maximum Gasteiger partial charge on any atom is 0.144 e. The fourth-order valence-electron chi connectivity index (χ4n) is 1.50. The average Bonchev–Trinajstić information content (AvgIpc) is 2.25. The smallest absolute Gasteiger partial charge is 0.144 e. The van der Waals surface area contributed by atoms with Gasteiger partial charge in [0.2, 0.25) is 0 Å². The molecule has 0 saturated carbocycles. The van der Waals surface area contributed by atoms with Crippen LogP contribution in [0.3, 0.4) is 0 Å². The van der Waals surface area contributed by atoms with Crippen LogP contribution in [0.4, 0.5) is 5.82 Å². The predicted octanol–water partition coefficient (Wildman–Crippen LogP) is 4.85. The van der Waals surface area contributed by atoms with Gasteiger partial charge in [-0.05, 0) is 24.3 Å². The second kappa shape index (κ2) is 6.67. The van der Waals surface area contributed by atoms with E-state index in [-0.39, 0.29) is 5.41 Å². The molecule has 0 bridgehead atoms. The molecule has 0 atom stereocenters. The first kappa shape index (κ1) is 14.9. The number of nitrogens with zero attached hydrogens (tertiary/aromatic N) is 1. The van der Waals surface area contributed by atoms with E-state index in [2.05, 4.69) is 24.1 Å². The van der Waals surface area contributed by atoms with Gasteiger partial charge in [-0.3, -0.25) is 0 Å². The Morgan fingerprint density at radius 1 is 1.35 bits per heavy atom. The summed E-state index contributed by atoms with van der Waals surface area (Å²) >= 11 is 17.5. The van der Waals surface area contributed by atoms with E-state index in [1.807, 2.05) is 0 Å². The number of pyridine rings is 1. The van der Waals surface area contributed by atoms with Crippen LogP contribution in [0.5, 0.6) is 0 Å². The third-order valence-corrected chi connectivity index (χ3v) is 3.29. The van der Waals surface area contributed by atoms with Crippen LogP contribution in [-0.2, 0) is 0 Å². The molecule has 0 unspecified atom stereocenters. The highest BCUT2D eigenvalue weighted by atomic mass is 35.5. The van der Waals surface area contributed by atoms with Crippen molar-refractivity contribution in [2.24, 2.45) is 5.41 Å². The Kier molecular flexibility index (Phi) is 5.84. The van der Waals surface area contributed by atoms with E-state index in [0.717, 1.165) is 19.4 Å². The third kappa shape index (κ3) is 5.33. The van der Waals surface area contributed by atoms with E-state index in [1.54, 1.807) is 12.3 Å². The minimum atomic E-state index is 0.166. The molecule has 0 aromatic carbocycles. The van der Waals surface area contributed by atoms with E-state index in [4.69, 9.17) is 34.8 Å². The molecule has 0 amide bonds. The first-order chi connectivity index (χ1) is 7.94.